The van der Waals surface area contributed by atoms with Crippen LogP contribution in [0.3, 0.4) is 0 Å². The van der Waals surface area contributed by atoms with Crippen LogP contribution in [0.25, 0.3) is 0 Å². The topological polar surface area (TPSA) is 49.8 Å². The molecule has 0 aliphatic rings. The number of pyridine rings is 1. The molecule has 0 unspecified atom stereocenters. The summed E-state index contributed by atoms with van der Waals surface area (Å²) < 4.78 is 21.6. The minimum atomic E-state index is 0.520. The van der Waals surface area contributed by atoms with Gasteiger partial charge in [-0.05, 0) is 18.6 Å². The second kappa shape index (κ2) is 12.8. The molecule has 1 rings (SSSR count). The van der Waals surface area contributed by atoms with Crippen LogP contribution in [-0.2, 0) is 14.2 Å². The molecule has 0 amide bonds. The molecule has 0 bridgehead atoms. The highest BCUT2D eigenvalue weighted by molar-refractivity contribution is 5.15. The molecule has 0 saturated heterocycles. The molecule has 1 aromatic rings. The lowest BCUT2D eigenvalue weighted by atomic mass is 10.4. The highest BCUT2D eigenvalue weighted by Crippen LogP contribution is 2.05. The normalized spacial score (nSPS) is 10.7. The molecule has 0 aliphatic carbocycles. The van der Waals surface area contributed by atoms with Gasteiger partial charge in [0.1, 0.15) is 12.4 Å². The number of rotatable bonds is 13. The molecule has 0 fully saturated rings. The summed E-state index contributed by atoms with van der Waals surface area (Å²) in [5, 5.41) is 0. The molecular formula is C15H25NO4. The molecule has 1 aromatic heterocycles. The van der Waals surface area contributed by atoms with Crippen LogP contribution in [-0.4, -0.2) is 51.2 Å². The Morgan fingerprint density at radius 1 is 0.900 bits per heavy atom. The first-order chi connectivity index (χ1) is 9.93. The lowest BCUT2D eigenvalue weighted by Crippen LogP contribution is -2.12. The van der Waals surface area contributed by atoms with Crippen molar-refractivity contribution in [2.24, 2.45) is 0 Å². The van der Waals surface area contributed by atoms with Gasteiger partial charge in [-0.3, -0.25) is 4.98 Å². The standard InChI is InChI=1S/C15H25NO4/c1-2-3-7-17-8-9-18-10-11-19-12-13-20-15-5-4-6-16-14-15/h4-6,14H,2-3,7-13H2,1H3. The Morgan fingerprint density at radius 3 is 2.15 bits per heavy atom. The lowest BCUT2D eigenvalue weighted by Gasteiger charge is -2.07. The Morgan fingerprint density at radius 2 is 1.55 bits per heavy atom. The predicted molar refractivity (Wildman–Crippen MR) is 77.1 cm³/mol. The zero-order valence-corrected chi connectivity index (χ0v) is 12.3. The van der Waals surface area contributed by atoms with Crippen molar-refractivity contribution in [3.63, 3.8) is 0 Å². The predicted octanol–water partition coefficient (Wildman–Crippen LogP) is 2.31. The molecule has 0 spiro atoms. The molecule has 114 valence electrons. The van der Waals surface area contributed by atoms with E-state index < -0.39 is 0 Å². The van der Waals surface area contributed by atoms with E-state index in [4.69, 9.17) is 18.9 Å². The zero-order chi connectivity index (χ0) is 14.3. The number of aromatic nitrogens is 1. The Bertz CT molecular complexity index is 308. The Kier molecular flexibility index (Phi) is 10.8. The van der Waals surface area contributed by atoms with Crippen LogP contribution in [0.15, 0.2) is 24.5 Å². The van der Waals surface area contributed by atoms with E-state index in [1.54, 1.807) is 12.4 Å². The first-order valence-electron chi connectivity index (χ1n) is 7.19. The highest BCUT2D eigenvalue weighted by atomic mass is 16.6. The molecular weight excluding hydrogens is 258 g/mol. The molecule has 0 aliphatic heterocycles. The second-order valence-electron chi connectivity index (χ2n) is 4.23. The van der Waals surface area contributed by atoms with Crippen molar-refractivity contribution in [2.75, 3.05) is 46.2 Å². The van der Waals surface area contributed by atoms with E-state index in [1.807, 2.05) is 12.1 Å². The number of hydrogen-bond acceptors (Lipinski definition) is 5. The largest absolute Gasteiger partial charge is 0.490 e. The van der Waals surface area contributed by atoms with E-state index in [-0.39, 0.29) is 0 Å². The van der Waals surface area contributed by atoms with Crippen molar-refractivity contribution in [2.45, 2.75) is 19.8 Å². The van der Waals surface area contributed by atoms with Gasteiger partial charge in [0.05, 0.1) is 39.2 Å². The van der Waals surface area contributed by atoms with Gasteiger partial charge < -0.3 is 18.9 Å². The minimum Gasteiger partial charge on any atom is -0.490 e. The summed E-state index contributed by atoms with van der Waals surface area (Å²) in [6, 6.07) is 3.71. The number of nitrogens with zero attached hydrogens (tertiary/aromatic N) is 1. The van der Waals surface area contributed by atoms with Gasteiger partial charge in [0, 0.05) is 12.8 Å². The van der Waals surface area contributed by atoms with E-state index in [2.05, 4.69) is 11.9 Å². The van der Waals surface area contributed by atoms with Crippen molar-refractivity contribution >= 4 is 0 Å². The molecule has 0 aromatic carbocycles. The van der Waals surface area contributed by atoms with Gasteiger partial charge in [-0.25, -0.2) is 0 Å². The average Bonchev–Trinajstić information content (AvgIpc) is 2.49. The van der Waals surface area contributed by atoms with Gasteiger partial charge >= 0.3 is 0 Å². The van der Waals surface area contributed by atoms with E-state index in [0.29, 0.717) is 39.6 Å². The van der Waals surface area contributed by atoms with Gasteiger partial charge in [0.2, 0.25) is 0 Å². The molecule has 5 nitrogen and oxygen atoms in total. The molecule has 0 N–H and O–H groups in total. The minimum absolute atomic E-state index is 0.520. The molecule has 0 saturated carbocycles. The van der Waals surface area contributed by atoms with Gasteiger partial charge in [-0.2, -0.15) is 0 Å². The summed E-state index contributed by atoms with van der Waals surface area (Å²) in [5.74, 6) is 0.761. The Hall–Kier alpha value is -1.17. The molecule has 0 atom stereocenters. The lowest BCUT2D eigenvalue weighted by molar-refractivity contribution is 0.00893. The number of ether oxygens (including phenoxy) is 4. The molecule has 0 radical (unpaired) electrons. The first kappa shape index (κ1) is 16.9. The Labute approximate surface area is 121 Å². The maximum Gasteiger partial charge on any atom is 0.137 e. The van der Waals surface area contributed by atoms with Crippen LogP contribution < -0.4 is 4.74 Å². The smallest absolute Gasteiger partial charge is 0.137 e. The highest BCUT2D eigenvalue weighted by Gasteiger charge is 1.94. The third kappa shape index (κ3) is 9.72. The van der Waals surface area contributed by atoms with E-state index >= 15 is 0 Å². The molecule has 20 heavy (non-hydrogen) atoms. The average molecular weight is 283 g/mol. The summed E-state index contributed by atoms with van der Waals surface area (Å²) in [6.45, 7) is 6.48. The number of hydrogen-bond donors (Lipinski definition) is 0. The van der Waals surface area contributed by atoms with Gasteiger partial charge in [-0.1, -0.05) is 13.3 Å². The zero-order valence-electron chi connectivity index (χ0n) is 12.3. The third-order valence-electron chi connectivity index (χ3n) is 2.52. The van der Waals surface area contributed by atoms with Crippen LogP contribution >= 0.6 is 0 Å². The van der Waals surface area contributed by atoms with Crippen LogP contribution in [0.1, 0.15) is 19.8 Å². The monoisotopic (exact) mass is 283 g/mol. The Balaban J connectivity index is 1.77. The first-order valence-corrected chi connectivity index (χ1v) is 7.19. The van der Waals surface area contributed by atoms with Crippen LogP contribution in [0.4, 0.5) is 0 Å². The fourth-order valence-electron chi connectivity index (χ4n) is 1.44. The van der Waals surface area contributed by atoms with Crippen LogP contribution in [0.2, 0.25) is 0 Å². The maximum absolute atomic E-state index is 5.44. The van der Waals surface area contributed by atoms with E-state index in [1.165, 1.54) is 0 Å². The van der Waals surface area contributed by atoms with Gasteiger partial charge in [0.15, 0.2) is 0 Å². The van der Waals surface area contributed by atoms with Gasteiger partial charge in [-0.15, -0.1) is 0 Å². The second-order valence-corrected chi connectivity index (χ2v) is 4.23. The SMILES string of the molecule is CCCCOCCOCCOCCOc1cccnc1. The summed E-state index contributed by atoms with van der Waals surface area (Å²) in [7, 11) is 0. The van der Waals surface area contributed by atoms with Crippen LogP contribution in [0.5, 0.6) is 5.75 Å². The number of unbranched alkanes of at least 4 members (excludes halogenated alkanes) is 1. The summed E-state index contributed by atoms with van der Waals surface area (Å²) >= 11 is 0. The third-order valence-corrected chi connectivity index (χ3v) is 2.52. The molecule has 5 heteroatoms. The van der Waals surface area contributed by atoms with Crippen LogP contribution in [0, 0.1) is 0 Å². The summed E-state index contributed by atoms with van der Waals surface area (Å²) in [6.07, 6.45) is 5.67. The van der Waals surface area contributed by atoms with Crippen molar-refractivity contribution < 1.29 is 18.9 Å². The van der Waals surface area contributed by atoms with Crippen molar-refractivity contribution in [3.05, 3.63) is 24.5 Å². The van der Waals surface area contributed by atoms with E-state index in [9.17, 15) is 0 Å². The van der Waals surface area contributed by atoms with Crippen molar-refractivity contribution in [1.82, 2.24) is 4.98 Å². The fraction of sp³-hybridized carbons (Fsp3) is 0.667. The molecule has 1 heterocycles. The summed E-state index contributed by atoms with van der Waals surface area (Å²) in [5.41, 5.74) is 0. The fourth-order valence-corrected chi connectivity index (χ4v) is 1.44. The van der Waals surface area contributed by atoms with E-state index in [0.717, 1.165) is 25.2 Å². The quantitative estimate of drug-likeness (QED) is 0.520. The summed E-state index contributed by atoms with van der Waals surface area (Å²) in [4.78, 5) is 3.96. The van der Waals surface area contributed by atoms with Gasteiger partial charge in [0.25, 0.3) is 0 Å². The maximum atomic E-state index is 5.44. The van der Waals surface area contributed by atoms with Crippen molar-refractivity contribution in [3.8, 4) is 5.75 Å². The van der Waals surface area contributed by atoms with Crippen molar-refractivity contribution in [1.29, 1.82) is 0 Å².